The molecule has 0 aromatic heterocycles. The van der Waals surface area contributed by atoms with Crippen LogP contribution in [0.3, 0.4) is 0 Å². The summed E-state index contributed by atoms with van der Waals surface area (Å²) >= 11 is 1.35. The quantitative estimate of drug-likeness (QED) is 0.322. The Morgan fingerprint density at radius 2 is 1.64 bits per heavy atom. The number of aryl methyl sites for hydroxylation is 2. The van der Waals surface area contributed by atoms with E-state index in [0.717, 1.165) is 21.7 Å². The number of para-hydroxylation sites is 1. The minimum absolute atomic E-state index is 0.0323. The van der Waals surface area contributed by atoms with Crippen LogP contribution in [0, 0.1) is 13.8 Å². The fourth-order valence-electron chi connectivity index (χ4n) is 3.43. The molecule has 0 aliphatic carbocycles. The second kappa shape index (κ2) is 10.1. The molecule has 0 bridgehead atoms. The molecule has 0 saturated carbocycles. The third-order valence-electron chi connectivity index (χ3n) is 5.13. The lowest BCUT2D eigenvalue weighted by Crippen LogP contribution is -2.24. The van der Waals surface area contributed by atoms with E-state index in [-0.39, 0.29) is 11.2 Å². The van der Waals surface area contributed by atoms with Crippen LogP contribution in [0.2, 0.25) is 0 Å². The van der Waals surface area contributed by atoms with E-state index in [1.165, 1.54) is 21.8 Å². The zero-order valence-electron chi connectivity index (χ0n) is 19.9. The molecule has 0 saturated heterocycles. The lowest BCUT2D eigenvalue weighted by molar-refractivity contribution is 0.187. The van der Waals surface area contributed by atoms with Crippen LogP contribution in [-0.4, -0.2) is 28.8 Å². The summed E-state index contributed by atoms with van der Waals surface area (Å²) < 4.78 is 7.15. The van der Waals surface area contributed by atoms with Gasteiger partial charge in [-0.2, -0.15) is 0 Å². The van der Waals surface area contributed by atoms with Gasteiger partial charge >= 0.3 is 6.09 Å². The molecule has 5 nitrogen and oxygen atoms in total. The number of carbonyl (C=O) groups excluding carboxylic acids is 1. The summed E-state index contributed by atoms with van der Waals surface area (Å²) in [5, 5.41) is 9.93. The van der Waals surface area contributed by atoms with Gasteiger partial charge in [0.1, 0.15) is 11.5 Å². The number of phenols is 1. The molecule has 1 N–H and O–H groups in total. The van der Waals surface area contributed by atoms with Gasteiger partial charge in [0.05, 0.1) is 5.69 Å². The van der Waals surface area contributed by atoms with Crippen molar-refractivity contribution >= 4 is 29.9 Å². The molecule has 0 radical (unpaired) electrons. The maximum atomic E-state index is 12.8. The van der Waals surface area contributed by atoms with Crippen molar-refractivity contribution in [2.45, 2.75) is 44.9 Å². The number of aromatic hydroxyl groups is 1. The number of hydrogen-bond acceptors (Lipinski definition) is 5. The second-order valence-corrected chi connectivity index (χ2v) is 10.1. The molecular formula is C27H30N2O3S. The molecule has 3 rings (SSSR count). The first-order valence-corrected chi connectivity index (χ1v) is 11.5. The van der Waals surface area contributed by atoms with Crippen molar-refractivity contribution in [3.05, 3.63) is 82.9 Å². The van der Waals surface area contributed by atoms with Crippen LogP contribution in [0.4, 0.5) is 10.5 Å². The van der Waals surface area contributed by atoms with Crippen LogP contribution < -0.4 is 4.74 Å². The van der Waals surface area contributed by atoms with Gasteiger partial charge in [0.25, 0.3) is 0 Å². The first-order chi connectivity index (χ1) is 15.6. The summed E-state index contributed by atoms with van der Waals surface area (Å²) in [5.74, 6) is 0.642. The van der Waals surface area contributed by atoms with E-state index in [0.29, 0.717) is 11.3 Å². The highest BCUT2D eigenvalue weighted by Gasteiger charge is 2.21. The highest BCUT2D eigenvalue weighted by molar-refractivity contribution is 7.97. The van der Waals surface area contributed by atoms with Crippen LogP contribution in [0.5, 0.6) is 11.5 Å². The van der Waals surface area contributed by atoms with Crippen LogP contribution in [0.1, 0.15) is 43.0 Å². The molecule has 0 aliphatic heterocycles. The van der Waals surface area contributed by atoms with Crippen LogP contribution >= 0.6 is 11.9 Å². The zero-order chi connectivity index (χ0) is 24.2. The van der Waals surface area contributed by atoms with Gasteiger partial charge in [-0.25, -0.2) is 9.10 Å². The summed E-state index contributed by atoms with van der Waals surface area (Å²) in [6.45, 7) is 10.3. The molecule has 3 aromatic carbocycles. The van der Waals surface area contributed by atoms with E-state index in [1.807, 2.05) is 38.1 Å². The third kappa shape index (κ3) is 6.17. The summed E-state index contributed by atoms with van der Waals surface area (Å²) in [6, 6.07) is 18.7. The Balaban J connectivity index is 1.74. The van der Waals surface area contributed by atoms with Crippen LogP contribution in [0.15, 0.2) is 70.6 Å². The van der Waals surface area contributed by atoms with E-state index < -0.39 is 6.09 Å². The largest absolute Gasteiger partial charge is 0.507 e. The van der Waals surface area contributed by atoms with Crippen molar-refractivity contribution in [1.82, 2.24) is 4.31 Å². The van der Waals surface area contributed by atoms with E-state index in [9.17, 15) is 9.90 Å². The van der Waals surface area contributed by atoms with Gasteiger partial charge in [-0.3, -0.25) is 4.99 Å². The number of phenolic OH excluding ortho intramolecular Hbond substituents is 1. The minimum Gasteiger partial charge on any atom is -0.507 e. The Bertz CT molecular complexity index is 1160. The molecule has 0 unspecified atom stereocenters. The number of ether oxygens (including phenoxy) is 1. The maximum absolute atomic E-state index is 12.8. The van der Waals surface area contributed by atoms with Gasteiger partial charge in [0.15, 0.2) is 0 Å². The number of amides is 1. The standard InChI is InChI=1S/C27H30N2O3S/c1-18-15-21(16-19(2)25(18)28-17-20-11-7-9-13-23(20)30)32-26(31)29(6)33-24-14-10-8-12-22(24)27(3,4)5/h7-17,30H,1-6H3. The minimum atomic E-state index is -0.451. The van der Waals surface area contributed by atoms with Crippen molar-refractivity contribution < 1.29 is 14.6 Å². The summed E-state index contributed by atoms with van der Waals surface area (Å²) in [7, 11) is 1.71. The van der Waals surface area contributed by atoms with Gasteiger partial charge in [-0.1, -0.05) is 51.1 Å². The number of rotatable bonds is 5. The zero-order valence-corrected chi connectivity index (χ0v) is 20.7. The highest BCUT2D eigenvalue weighted by Crippen LogP contribution is 2.34. The highest BCUT2D eigenvalue weighted by atomic mass is 32.2. The number of aliphatic imine (C=N–C) groups is 1. The summed E-state index contributed by atoms with van der Waals surface area (Å²) in [5.41, 5.74) is 4.31. The number of nitrogens with zero attached hydrogens (tertiary/aromatic N) is 2. The van der Waals surface area contributed by atoms with E-state index in [4.69, 9.17) is 4.74 Å². The molecule has 0 atom stereocenters. The van der Waals surface area contributed by atoms with Crippen molar-refractivity contribution in [2.24, 2.45) is 4.99 Å². The van der Waals surface area contributed by atoms with E-state index in [2.05, 4.69) is 31.8 Å². The maximum Gasteiger partial charge on any atom is 0.425 e. The number of carbonyl (C=O) groups is 1. The van der Waals surface area contributed by atoms with Gasteiger partial charge in [0, 0.05) is 23.7 Å². The molecule has 33 heavy (non-hydrogen) atoms. The average molecular weight is 463 g/mol. The Morgan fingerprint density at radius 3 is 2.27 bits per heavy atom. The van der Waals surface area contributed by atoms with Gasteiger partial charge < -0.3 is 9.84 Å². The summed E-state index contributed by atoms with van der Waals surface area (Å²) in [4.78, 5) is 18.3. The fourth-order valence-corrected chi connectivity index (χ4v) is 4.44. The second-order valence-electron chi connectivity index (χ2n) is 8.93. The summed E-state index contributed by atoms with van der Waals surface area (Å²) in [6.07, 6.45) is 1.18. The molecule has 0 heterocycles. The smallest absolute Gasteiger partial charge is 0.425 e. The Hall–Kier alpha value is -3.25. The Labute approximate surface area is 200 Å². The van der Waals surface area contributed by atoms with Crippen LogP contribution in [-0.2, 0) is 5.41 Å². The topological polar surface area (TPSA) is 62.1 Å². The molecular weight excluding hydrogens is 432 g/mol. The lowest BCUT2D eigenvalue weighted by atomic mass is 9.87. The Morgan fingerprint density at radius 1 is 1.03 bits per heavy atom. The lowest BCUT2D eigenvalue weighted by Gasteiger charge is -2.24. The fraction of sp³-hybridized carbons (Fsp3) is 0.259. The molecule has 0 aliphatic rings. The normalized spacial score (nSPS) is 11.6. The molecule has 1 amide bonds. The first-order valence-electron chi connectivity index (χ1n) is 10.7. The van der Waals surface area contributed by atoms with Crippen molar-refractivity contribution in [3.63, 3.8) is 0 Å². The average Bonchev–Trinajstić information content (AvgIpc) is 2.74. The SMILES string of the molecule is Cc1cc(OC(=O)N(C)Sc2ccccc2C(C)(C)C)cc(C)c1N=Cc1ccccc1O. The van der Waals surface area contributed by atoms with Crippen molar-refractivity contribution in [3.8, 4) is 11.5 Å². The molecule has 0 spiro atoms. The predicted molar refractivity (Wildman–Crippen MR) is 136 cm³/mol. The third-order valence-corrected chi connectivity index (χ3v) is 6.10. The van der Waals surface area contributed by atoms with E-state index >= 15 is 0 Å². The molecule has 172 valence electrons. The monoisotopic (exact) mass is 462 g/mol. The number of benzene rings is 3. The first kappa shape index (κ1) is 24.4. The van der Waals surface area contributed by atoms with Crippen molar-refractivity contribution in [2.75, 3.05) is 7.05 Å². The van der Waals surface area contributed by atoms with E-state index in [1.54, 1.807) is 43.6 Å². The molecule has 6 heteroatoms. The molecule has 0 fully saturated rings. The van der Waals surface area contributed by atoms with Crippen LogP contribution in [0.25, 0.3) is 0 Å². The predicted octanol–water partition coefficient (Wildman–Crippen LogP) is 7.20. The number of hydrogen-bond donors (Lipinski definition) is 1. The van der Waals surface area contributed by atoms with Gasteiger partial charge in [-0.05, 0) is 78.2 Å². The van der Waals surface area contributed by atoms with Crippen molar-refractivity contribution in [1.29, 1.82) is 0 Å². The Kier molecular flexibility index (Phi) is 7.49. The van der Waals surface area contributed by atoms with Gasteiger partial charge in [-0.15, -0.1) is 0 Å². The molecule has 3 aromatic rings. The van der Waals surface area contributed by atoms with Gasteiger partial charge in [0.2, 0.25) is 0 Å².